The molecule has 108 valence electrons. The molecule has 1 aromatic heterocycles. The first kappa shape index (κ1) is 14.4. The summed E-state index contributed by atoms with van der Waals surface area (Å²) in [7, 11) is 0. The van der Waals surface area contributed by atoms with Gasteiger partial charge in [-0.15, -0.1) is 0 Å². The molecule has 2 rings (SSSR count). The molecule has 2 aromatic rings. The molecule has 1 heterocycles. The van der Waals surface area contributed by atoms with E-state index in [-0.39, 0.29) is 12.2 Å². The number of pyridine rings is 1. The Morgan fingerprint density at radius 3 is 2.57 bits per heavy atom. The third-order valence-corrected chi connectivity index (χ3v) is 2.64. The number of urea groups is 1. The molecule has 0 saturated carbocycles. The summed E-state index contributed by atoms with van der Waals surface area (Å²) in [5, 5.41) is 13.7. The summed E-state index contributed by atoms with van der Waals surface area (Å²) in [5.41, 5.74) is 0.588. The number of aromatic nitrogens is 1. The number of amides is 2. The van der Waals surface area contributed by atoms with Gasteiger partial charge in [0.1, 0.15) is 11.5 Å². The van der Waals surface area contributed by atoms with Crippen LogP contribution in [0.15, 0.2) is 42.6 Å². The highest BCUT2D eigenvalue weighted by Crippen LogP contribution is 2.07. The first-order chi connectivity index (χ1) is 10.1. The molecule has 1 aromatic carbocycles. The lowest BCUT2D eigenvalue weighted by molar-refractivity contribution is 0.0690. The van der Waals surface area contributed by atoms with E-state index in [4.69, 9.17) is 5.11 Å². The molecule has 2 amide bonds. The minimum absolute atomic E-state index is 0.0408. The summed E-state index contributed by atoms with van der Waals surface area (Å²) in [6.45, 7) is 0.0408. The minimum atomic E-state index is -1.15. The number of carbonyl (C=O) groups excluding carboxylic acids is 1. The Morgan fingerprint density at radius 1 is 1.19 bits per heavy atom. The Balaban J connectivity index is 1.90. The number of carboxylic acids is 1. The number of nitrogens with one attached hydrogen (secondary N) is 2. The van der Waals surface area contributed by atoms with Crippen molar-refractivity contribution in [3.05, 3.63) is 59.7 Å². The minimum Gasteiger partial charge on any atom is -0.477 e. The Morgan fingerprint density at radius 2 is 1.95 bits per heavy atom. The maximum atomic E-state index is 13.3. The van der Waals surface area contributed by atoms with Crippen LogP contribution in [-0.2, 0) is 6.54 Å². The van der Waals surface area contributed by atoms with Gasteiger partial charge < -0.3 is 15.7 Å². The number of hydrogen-bond acceptors (Lipinski definition) is 3. The number of halogens is 1. The topological polar surface area (TPSA) is 91.3 Å². The number of nitrogens with zero attached hydrogens (tertiary/aromatic N) is 1. The van der Waals surface area contributed by atoms with E-state index in [2.05, 4.69) is 15.6 Å². The molecule has 0 unspecified atom stereocenters. The molecule has 0 spiro atoms. The molecule has 0 aliphatic rings. The van der Waals surface area contributed by atoms with Crippen molar-refractivity contribution in [2.75, 3.05) is 5.32 Å². The van der Waals surface area contributed by atoms with E-state index in [1.807, 2.05) is 0 Å². The smallest absolute Gasteiger partial charge is 0.354 e. The van der Waals surface area contributed by atoms with Crippen molar-refractivity contribution < 1.29 is 19.1 Å². The molecule has 0 aliphatic heterocycles. The predicted molar refractivity (Wildman–Crippen MR) is 73.5 cm³/mol. The summed E-state index contributed by atoms with van der Waals surface area (Å²) in [4.78, 5) is 25.9. The van der Waals surface area contributed by atoms with Crippen LogP contribution in [0.3, 0.4) is 0 Å². The number of anilines is 1. The summed E-state index contributed by atoms with van der Waals surface area (Å²) in [6.07, 6.45) is 1.23. The van der Waals surface area contributed by atoms with Gasteiger partial charge in [-0.05, 0) is 18.2 Å². The van der Waals surface area contributed by atoms with Gasteiger partial charge in [-0.2, -0.15) is 0 Å². The molecule has 3 N–H and O–H groups in total. The van der Waals surface area contributed by atoms with Crippen molar-refractivity contribution in [3.63, 3.8) is 0 Å². The lowest BCUT2D eigenvalue weighted by Crippen LogP contribution is -2.28. The number of rotatable bonds is 4. The Hall–Kier alpha value is -2.96. The third kappa shape index (κ3) is 4.00. The number of carboxylic acid groups (broad SMARTS) is 1. The molecule has 0 bridgehead atoms. The molecular weight excluding hydrogens is 277 g/mol. The Kier molecular flexibility index (Phi) is 4.45. The van der Waals surface area contributed by atoms with E-state index in [0.29, 0.717) is 11.3 Å². The SMILES string of the molecule is O=C(NCc1ccccc1F)Nc1ccc(C(=O)O)nc1. The molecule has 6 nitrogen and oxygen atoms in total. The van der Waals surface area contributed by atoms with E-state index in [0.717, 1.165) is 0 Å². The number of hydrogen-bond donors (Lipinski definition) is 3. The number of aromatic carboxylic acids is 1. The van der Waals surface area contributed by atoms with Crippen molar-refractivity contribution in [2.45, 2.75) is 6.54 Å². The molecule has 0 saturated heterocycles. The Bertz CT molecular complexity index is 659. The van der Waals surface area contributed by atoms with E-state index >= 15 is 0 Å². The lowest BCUT2D eigenvalue weighted by atomic mass is 10.2. The van der Waals surface area contributed by atoms with Crippen LogP contribution < -0.4 is 10.6 Å². The van der Waals surface area contributed by atoms with Crippen LogP contribution in [0, 0.1) is 5.82 Å². The van der Waals surface area contributed by atoms with E-state index in [1.165, 1.54) is 24.4 Å². The van der Waals surface area contributed by atoms with Crippen LogP contribution in [0.25, 0.3) is 0 Å². The van der Waals surface area contributed by atoms with Gasteiger partial charge in [0.15, 0.2) is 0 Å². The van der Waals surface area contributed by atoms with E-state index in [1.54, 1.807) is 18.2 Å². The van der Waals surface area contributed by atoms with Crippen molar-refractivity contribution in [1.82, 2.24) is 10.3 Å². The standard InChI is InChI=1S/C14H12FN3O3/c15-11-4-2-1-3-9(11)7-17-14(21)18-10-5-6-12(13(19)20)16-8-10/h1-6,8H,7H2,(H,19,20)(H2,17,18,21). The van der Waals surface area contributed by atoms with Gasteiger partial charge in [-0.3, -0.25) is 0 Å². The zero-order valence-corrected chi connectivity index (χ0v) is 10.8. The summed E-state index contributed by atoms with van der Waals surface area (Å²) in [6, 6.07) is 8.26. The van der Waals surface area contributed by atoms with Crippen LogP contribution in [0.2, 0.25) is 0 Å². The fourth-order valence-electron chi connectivity index (χ4n) is 1.59. The van der Waals surface area contributed by atoms with Crippen LogP contribution in [0.1, 0.15) is 16.1 Å². The average Bonchev–Trinajstić information content (AvgIpc) is 2.47. The fourth-order valence-corrected chi connectivity index (χ4v) is 1.59. The van der Waals surface area contributed by atoms with Crippen molar-refractivity contribution in [2.24, 2.45) is 0 Å². The maximum absolute atomic E-state index is 13.3. The molecule has 0 aliphatic carbocycles. The average molecular weight is 289 g/mol. The second kappa shape index (κ2) is 6.47. The van der Waals surface area contributed by atoms with Gasteiger partial charge in [-0.25, -0.2) is 19.0 Å². The highest BCUT2D eigenvalue weighted by atomic mass is 19.1. The highest BCUT2D eigenvalue weighted by molar-refractivity contribution is 5.90. The molecule has 0 radical (unpaired) electrons. The van der Waals surface area contributed by atoms with Gasteiger partial charge >= 0.3 is 12.0 Å². The van der Waals surface area contributed by atoms with Crippen molar-refractivity contribution in [1.29, 1.82) is 0 Å². The van der Waals surface area contributed by atoms with Crippen LogP contribution in [0.5, 0.6) is 0 Å². The van der Waals surface area contributed by atoms with Crippen LogP contribution >= 0.6 is 0 Å². The zero-order chi connectivity index (χ0) is 15.2. The quantitative estimate of drug-likeness (QED) is 0.805. The first-order valence-corrected chi connectivity index (χ1v) is 6.04. The number of benzene rings is 1. The summed E-state index contributed by atoms with van der Waals surface area (Å²) in [5.74, 6) is -1.55. The fraction of sp³-hybridized carbons (Fsp3) is 0.0714. The van der Waals surface area contributed by atoms with Gasteiger partial charge in [0, 0.05) is 12.1 Å². The highest BCUT2D eigenvalue weighted by Gasteiger charge is 2.07. The van der Waals surface area contributed by atoms with E-state index < -0.39 is 17.8 Å². The first-order valence-electron chi connectivity index (χ1n) is 6.04. The van der Waals surface area contributed by atoms with Gasteiger partial charge in [-0.1, -0.05) is 18.2 Å². The van der Waals surface area contributed by atoms with Crippen LogP contribution in [-0.4, -0.2) is 22.1 Å². The Labute approximate surface area is 119 Å². The number of carbonyl (C=O) groups is 2. The van der Waals surface area contributed by atoms with Crippen LogP contribution in [0.4, 0.5) is 14.9 Å². The molecule has 7 heteroatoms. The molecule has 0 fully saturated rings. The zero-order valence-electron chi connectivity index (χ0n) is 10.8. The van der Waals surface area contributed by atoms with Gasteiger partial charge in [0.2, 0.25) is 0 Å². The maximum Gasteiger partial charge on any atom is 0.354 e. The summed E-state index contributed by atoms with van der Waals surface area (Å²) >= 11 is 0. The van der Waals surface area contributed by atoms with E-state index in [9.17, 15) is 14.0 Å². The largest absolute Gasteiger partial charge is 0.477 e. The lowest BCUT2D eigenvalue weighted by Gasteiger charge is -2.08. The van der Waals surface area contributed by atoms with Gasteiger partial charge in [0.05, 0.1) is 11.9 Å². The second-order valence-corrected chi connectivity index (χ2v) is 4.14. The van der Waals surface area contributed by atoms with Crippen molar-refractivity contribution in [3.8, 4) is 0 Å². The molecular formula is C14H12FN3O3. The second-order valence-electron chi connectivity index (χ2n) is 4.14. The third-order valence-electron chi connectivity index (χ3n) is 2.64. The molecule has 21 heavy (non-hydrogen) atoms. The normalized spacial score (nSPS) is 9.95. The van der Waals surface area contributed by atoms with Gasteiger partial charge in [0.25, 0.3) is 0 Å². The predicted octanol–water partition coefficient (Wildman–Crippen LogP) is 2.24. The van der Waals surface area contributed by atoms with Crippen molar-refractivity contribution >= 4 is 17.7 Å². The molecule has 0 atom stereocenters. The monoisotopic (exact) mass is 289 g/mol. The summed E-state index contributed by atoms with van der Waals surface area (Å²) < 4.78 is 13.3.